The number of carbonyl (C=O) groups is 2. The Labute approximate surface area is 277 Å². The third-order valence-corrected chi connectivity index (χ3v) is 2.61. The monoisotopic (exact) mass is 684 g/mol. The normalized spacial score (nSPS) is 10.6. The van der Waals surface area contributed by atoms with Crippen molar-refractivity contribution in [1.29, 1.82) is 0 Å². The maximum Gasteiger partial charge on any atom is 2.00 e. The number of aliphatic hydroxyl groups excluding tert-OH is 3. The van der Waals surface area contributed by atoms with E-state index in [2.05, 4.69) is 0 Å². The summed E-state index contributed by atoms with van der Waals surface area (Å²) in [5, 5.41) is 25.5. The first-order valence-electron chi connectivity index (χ1n) is 7.39. The second-order valence-electron chi connectivity index (χ2n) is 4.94. The van der Waals surface area contributed by atoms with E-state index in [0.29, 0.717) is 19.6 Å². The van der Waals surface area contributed by atoms with Gasteiger partial charge in [-0.15, -0.1) is 0 Å². The van der Waals surface area contributed by atoms with E-state index < -0.39 is 20.8 Å². The summed E-state index contributed by atoms with van der Waals surface area (Å²) in [7, 11) is -7.00. The topological polar surface area (TPSA) is 420 Å². The van der Waals surface area contributed by atoms with Crippen molar-refractivity contribution in [2.45, 2.75) is 0 Å². The van der Waals surface area contributed by atoms with Crippen LogP contribution in [0, 0.1) is 0 Å². The first kappa shape index (κ1) is 77.2. The first-order valence-corrected chi connectivity index (χ1v) is 10.1. The largest absolute Gasteiger partial charge is 2.00 e. The smallest absolute Gasteiger partial charge is 0.759 e. The van der Waals surface area contributed by atoms with Crippen molar-refractivity contribution in [1.82, 2.24) is 14.7 Å². The number of aliphatic hydroxyl groups is 3. The zero-order chi connectivity index (χ0) is 23.8. The van der Waals surface area contributed by atoms with Crippen molar-refractivity contribution in [2.75, 3.05) is 60.1 Å². The summed E-state index contributed by atoms with van der Waals surface area (Å²) in [4.78, 5) is 25.7. The fourth-order valence-corrected chi connectivity index (χ4v) is 1.50. The molecule has 0 atom stereocenters. The van der Waals surface area contributed by atoms with Gasteiger partial charge in [0.05, 0.1) is 19.8 Å². The van der Waals surface area contributed by atoms with Crippen LogP contribution in [0.5, 0.6) is 0 Å². The average Bonchev–Trinajstić information content (AvgIpc) is 2.72. The number of imide groups is 1. The zero-order valence-electron chi connectivity index (χ0n) is 20.4. The molecule has 27 heteroatoms. The second-order valence-corrected chi connectivity index (χ2v) is 6.61. The van der Waals surface area contributed by atoms with Crippen LogP contribution in [-0.2, 0) is 42.7 Å². The average molecular weight is 685 g/mol. The van der Waals surface area contributed by atoms with E-state index in [4.69, 9.17) is 50.4 Å². The quantitative estimate of drug-likeness (QED) is 0.0873. The predicted molar refractivity (Wildman–Crippen MR) is 121 cm³/mol. The Hall–Kier alpha value is 0.904. The molecule has 21 nitrogen and oxygen atoms in total. The molecule has 1 heterocycles. The van der Waals surface area contributed by atoms with Crippen LogP contribution in [0.15, 0.2) is 0 Å². The van der Waals surface area contributed by atoms with Gasteiger partial charge >= 0.3 is 82.2 Å². The van der Waals surface area contributed by atoms with Crippen LogP contribution in [0.4, 0.5) is 4.79 Å². The molecule has 0 aromatic rings. The summed E-state index contributed by atoms with van der Waals surface area (Å²) >= 11 is 0. The van der Waals surface area contributed by atoms with Crippen LogP contribution in [0.3, 0.4) is 0 Å². The third kappa shape index (κ3) is 70.9. The van der Waals surface area contributed by atoms with Gasteiger partial charge in [0.2, 0.25) is 16.3 Å². The Bertz CT molecular complexity index is 637. The zero-order valence-corrected chi connectivity index (χ0v) is 26.9. The standard InChI is InChI=1S/C6H15NO3.C5H8N2O2.BH4.Cu.2Na.2H2O4S.5H2O/c8-4-1-7(2-5-9)3-6-10;1-6-3-4(8)7(2)5(6)9;;;;;2*1-5(2,3)4;;;;;/h8-10H,1-6H2;3H2,1-2H3;1H4;;;;2*(H2,1,2,3,4);5*1H2/q;;-1;+2;2*+1;;;;;;;/p-3. The molecule has 0 bridgehead atoms. The van der Waals surface area contributed by atoms with E-state index >= 15 is 0 Å². The molecule has 0 aromatic carbocycles. The van der Waals surface area contributed by atoms with Gasteiger partial charge in [-0.05, 0) is 0 Å². The fourth-order valence-electron chi connectivity index (χ4n) is 1.50. The molecule has 0 spiro atoms. The van der Waals surface area contributed by atoms with E-state index in [1.807, 2.05) is 0 Å². The van der Waals surface area contributed by atoms with Crippen molar-refractivity contribution in [3.63, 3.8) is 0 Å². The van der Waals surface area contributed by atoms with Gasteiger partial charge in [0.15, 0.2) is 0 Å². The summed E-state index contributed by atoms with van der Waals surface area (Å²) in [5.74, 6) is -0.137. The van der Waals surface area contributed by atoms with Crippen LogP contribution in [0.25, 0.3) is 0 Å². The molecule has 1 fully saturated rings. The Morgan fingerprint density at radius 3 is 1.08 bits per heavy atom. The van der Waals surface area contributed by atoms with Crippen LogP contribution >= 0.6 is 0 Å². The Kier molecular flexibility index (Phi) is 86.1. The van der Waals surface area contributed by atoms with Crippen LogP contribution in [-0.4, -0.2) is 173 Å². The van der Waals surface area contributed by atoms with E-state index in [0.717, 1.165) is 4.90 Å². The van der Waals surface area contributed by atoms with Gasteiger partial charge in [-0.2, -0.15) is 0 Å². The Morgan fingerprint density at radius 2 is 1.00 bits per heavy atom. The number of likely N-dealkylation sites (N-methyl/N-ethyl adjacent to an activating group) is 2. The van der Waals surface area contributed by atoms with Crippen molar-refractivity contribution in [3.05, 3.63) is 0 Å². The van der Waals surface area contributed by atoms with Gasteiger partial charge in [0.25, 0.3) is 0 Å². The number of urea groups is 1. The van der Waals surface area contributed by atoms with Gasteiger partial charge in [0.1, 0.15) is 6.54 Å². The van der Waals surface area contributed by atoms with E-state index in [-0.39, 0.29) is 150 Å². The number of hydrogen-bond acceptors (Lipinski definition) is 13. The molecule has 0 unspecified atom stereocenters. The van der Waals surface area contributed by atoms with Gasteiger partial charge in [-0.1, -0.05) is 8.41 Å². The van der Waals surface area contributed by atoms with Gasteiger partial charge in [0, 0.05) is 44.1 Å². The van der Waals surface area contributed by atoms with E-state index in [9.17, 15) is 9.59 Å². The molecule has 14 N–H and O–H groups in total. The fraction of sp³-hybridized carbons (Fsp3) is 0.818. The maximum absolute atomic E-state index is 10.7. The maximum atomic E-state index is 10.7. The summed E-state index contributed by atoms with van der Waals surface area (Å²) in [5.41, 5.74) is 0. The minimum atomic E-state index is -5.17. The molecule has 1 radical (unpaired) electrons. The van der Waals surface area contributed by atoms with Crippen molar-refractivity contribution in [3.8, 4) is 0 Å². The van der Waals surface area contributed by atoms with Crippen molar-refractivity contribution >= 4 is 41.1 Å². The number of amides is 3. The van der Waals surface area contributed by atoms with Gasteiger partial charge in [-0.3, -0.25) is 27.6 Å². The molecule has 3 amide bonds. The number of carbonyl (C=O) groups excluding carboxylic acids is 2. The molecular weight excluding hydrogens is 647 g/mol. The van der Waals surface area contributed by atoms with Gasteiger partial charge in [-0.25, -0.2) is 13.2 Å². The van der Waals surface area contributed by atoms with Crippen LogP contribution < -0.4 is 59.1 Å². The van der Waals surface area contributed by atoms with Crippen molar-refractivity contribution in [2.24, 2.45) is 0 Å². The second kappa shape index (κ2) is 42.4. The number of rotatable bonds is 6. The molecule has 0 aliphatic carbocycles. The predicted octanol–water partition coefficient (Wildman–Crippen LogP) is -16.1. The molecule has 1 aliphatic heterocycles. The molecule has 0 saturated carbocycles. The molecule has 233 valence electrons. The summed E-state index contributed by atoms with van der Waals surface area (Å²) in [6, 6.07) is -0.222. The molecule has 1 saturated heterocycles. The number of nitrogens with zero attached hydrogens (tertiary/aromatic N) is 3. The number of hydrogen-bond donors (Lipinski definition) is 4. The summed E-state index contributed by atoms with van der Waals surface area (Å²) in [6.07, 6.45) is 0. The van der Waals surface area contributed by atoms with Crippen LogP contribution in [0.2, 0.25) is 0 Å². The molecule has 38 heavy (non-hydrogen) atoms. The molecule has 0 aromatic heterocycles. The summed E-state index contributed by atoms with van der Waals surface area (Å²) in [6.45, 7) is 1.97. The third-order valence-electron chi connectivity index (χ3n) is 2.61. The van der Waals surface area contributed by atoms with E-state index in [1.165, 1.54) is 11.9 Å². The minimum absolute atomic E-state index is 0. The molecule has 1 rings (SSSR count). The molecule has 1 aliphatic rings. The van der Waals surface area contributed by atoms with E-state index in [1.54, 1.807) is 11.9 Å². The Balaban J connectivity index is -0.0000000227. The minimum Gasteiger partial charge on any atom is -0.759 e. The first-order chi connectivity index (χ1) is 13.0. The SMILES string of the molecule is CN1CC(=O)N(C)C1=O.O.O.O.O.O.O=S(=O)([O-])O.O=S(=O)([O-])[O-].OCCN(CCO)CCO.[BH4-].[Cu+2].[Na+].[Na+]. The Morgan fingerprint density at radius 1 is 0.789 bits per heavy atom. The summed E-state index contributed by atoms with van der Waals surface area (Å²) < 4.78 is 66.9. The van der Waals surface area contributed by atoms with Gasteiger partial charge < -0.3 is 61.3 Å². The van der Waals surface area contributed by atoms with Crippen LogP contribution in [0.1, 0.15) is 0 Å². The van der Waals surface area contributed by atoms with Crippen molar-refractivity contribution < 1.29 is 164 Å². The molecular formula is C11H38BCuN3Na2O18S2.